The lowest BCUT2D eigenvalue weighted by molar-refractivity contribution is 0.590. The van der Waals surface area contributed by atoms with Gasteiger partial charge in [0.15, 0.2) is 0 Å². The fraction of sp³-hybridized carbons (Fsp3) is 0.276. The number of nitrogens with zero attached hydrogens (tertiary/aromatic N) is 3. The van der Waals surface area contributed by atoms with Crippen molar-refractivity contribution in [3.05, 3.63) is 150 Å². The first-order valence-electron chi connectivity index (χ1n) is 22.2. The number of hydrogen-bond donors (Lipinski definition) is 0. The first-order valence-corrected chi connectivity index (χ1v) is 22.2. The van der Waals surface area contributed by atoms with Crippen molar-refractivity contribution in [3.63, 3.8) is 0 Å². The number of benzene rings is 7. The monoisotopic (exact) mass is 795 g/mol. The van der Waals surface area contributed by atoms with E-state index in [1.54, 1.807) is 0 Å². The molecule has 0 aliphatic carbocycles. The summed E-state index contributed by atoms with van der Waals surface area (Å²) in [5.74, 6) is 0. The Hall–Kier alpha value is -6.06. The molecule has 11 aromatic rings. The minimum Gasteiger partial charge on any atom is -0.308 e. The molecule has 0 unspecified atom stereocenters. The fourth-order valence-electron chi connectivity index (χ4n) is 10.2. The molecule has 0 saturated heterocycles. The molecule has 0 bridgehead atoms. The summed E-state index contributed by atoms with van der Waals surface area (Å²) in [7, 11) is 0. The molecule has 0 aliphatic rings. The van der Waals surface area contributed by atoms with Gasteiger partial charge in [-0.2, -0.15) is 0 Å². The van der Waals surface area contributed by atoms with Crippen molar-refractivity contribution in [3.8, 4) is 0 Å². The van der Waals surface area contributed by atoms with E-state index in [1.165, 1.54) is 104 Å². The molecule has 4 aromatic heterocycles. The molecule has 0 amide bonds. The zero-order valence-electron chi connectivity index (χ0n) is 38.0. The molecule has 7 aromatic carbocycles. The van der Waals surface area contributed by atoms with Gasteiger partial charge in [0.1, 0.15) is 0 Å². The van der Waals surface area contributed by atoms with Crippen LogP contribution in [0.1, 0.15) is 105 Å². The molecule has 3 nitrogen and oxygen atoms in total. The van der Waals surface area contributed by atoms with Crippen molar-refractivity contribution < 1.29 is 0 Å². The molecular weight excluding hydrogens is 739 g/mol. The highest BCUT2D eigenvalue weighted by atomic mass is 15.2. The number of hydrogen-bond acceptors (Lipinski definition) is 1. The molecule has 4 heterocycles. The van der Waals surface area contributed by atoms with E-state index in [1.807, 2.05) is 0 Å². The third kappa shape index (κ3) is 5.48. The van der Waals surface area contributed by atoms with E-state index >= 15 is 0 Å². The van der Waals surface area contributed by atoms with Crippen LogP contribution in [0.3, 0.4) is 0 Å². The van der Waals surface area contributed by atoms with Crippen molar-refractivity contribution in [2.75, 3.05) is 4.90 Å². The molecule has 11 rings (SSSR count). The van der Waals surface area contributed by atoms with Gasteiger partial charge >= 0.3 is 0 Å². The summed E-state index contributed by atoms with van der Waals surface area (Å²) in [6.07, 6.45) is 0. The molecule has 0 spiro atoms. The van der Waals surface area contributed by atoms with E-state index < -0.39 is 0 Å². The smallest absolute Gasteiger partial charge is 0.0783 e. The van der Waals surface area contributed by atoms with Gasteiger partial charge in [0.05, 0.1) is 38.8 Å². The summed E-state index contributed by atoms with van der Waals surface area (Å²) in [5.41, 5.74) is 16.5. The molecule has 0 radical (unpaired) electrons. The minimum absolute atomic E-state index is 0.0133. The second-order valence-corrected chi connectivity index (χ2v) is 22.0. The van der Waals surface area contributed by atoms with Gasteiger partial charge in [0.2, 0.25) is 0 Å². The molecule has 0 N–H and O–H groups in total. The highest BCUT2D eigenvalue weighted by Gasteiger charge is 2.30. The first kappa shape index (κ1) is 37.9. The van der Waals surface area contributed by atoms with Crippen LogP contribution in [0.15, 0.2) is 127 Å². The van der Waals surface area contributed by atoms with Crippen LogP contribution in [-0.2, 0) is 21.7 Å². The Labute approximate surface area is 359 Å². The maximum absolute atomic E-state index is 2.63. The Bertz CT molecular complexity index is 3490. The SMILES string of the molecule is CC(C)(C)c1ccc2c(c1)c1cc(C(C)(C)C)cc3c4cc5c(cc4n2c13)c1cc(C(C)(C)C)cc2c3cc(C(C)(C)C)cc(N(c4ccccc4)c4ccccc4)c3n5c12. The lowest BCUT2D eigenvalue weighted by Gasteiger charge is -2.29. The van der Waals surface area contributed by atoms with Gasteiger partial charge in [-0.15, -0.1) is 0 Å². The van der Waals surface area contributed by atoms with E-state index in [2.05, 4.69) is 224 Å². The molecule has 61 heavy (non-hydrogen) atoms. The average Bonchev–Trinajstić information content (AvgIpc) is 3.92. The molecule has 0 aliphatic heterocycles. The second kappa shape index (κ2) is 12.3. The van der Waals surface area contributed by atoms with Crippen LogP contribution < -0.4 is 4.90 Å². The van der Waals surface area contributed by atoms with Crippen molar-refractivity contribution in [1.29, 1.82) is 0 Å². The van der Waals surface area contributed by atoms with Gasteiger partial charge in [-0.05, 0) is 129 Å². The highest BCUT2D eigenvalue weighted by Crippen LogP contribution is 2.51. The lowest BCUT2D eigenvalue weighted by Crippen LogP contribution is -2.15. The lowest BCUT2D eigenvalue weighted by atomic mass is 9.83. The van der Waals surface area contributed by atoms with Crippen LogP contribution in [-0.4, -0.2) is 8.80 Å². The number of aromatic nitrogens is 2. The molecule has 0 atom stereocenters. The van der Waals surface area contributed by atoms with Crippen LogP contribution in [0.2, 0.25) is 0 Å². The summed E-state index contributed by atoms with van der Waals surface area (Å²) in [4.78, 5) is 2.48. The number of anilines is 3. The Morgan fingerprint density at radius 2 is 0.672 bits per heavy atom. The van der Waals surface area contributed by atoms with Gasteiger partial charge in [-0.25, -0.2) is 0 Å². The Morgan fingerprint density at radius 3 is 1.13 bits per heavy atom. The van der Waals surface area contributed by atoms with E-state index in [0.29, 0.717) is 0 Å². The standard InChI is InChI=1S/C58H57N3/c1-55(2,3)34-23-24-48-40(25-34)43-26-35(56(4,5)6)27-44-41-33-50-42(32-49(41)60(48)52(43)44)45-28-36(57(7,8)9)29-46-47-30-37(58(10,11)12)31-51(54(47)61(50)53(45)46)59(38-19-15-13-16-20-38)39-21-17-14-18-22-39/h13-33H,1-12H3. The van der Waals surface area contributed by atoms with Crippen molar-refractivity contribution in [2.45, 2.75) is 105 Å². The molecular formula is C58H57N3. The maximum atomic E-state index is 2.63. The van der Waals surface area contributed by atoms with Crippen LogP contribution in [0.25, 0.3) is 76.2 Å². The van der Waals surface area contributed by atoms with Crippen molar-refractivity contribution >= 4 is 93.3 Å². The van der Waals surface area contributed by atoms with Crippen LogP contribution in [0, 0.1) is 0 Å². The summed E-state index contributed by atoms with van der Waals surface area (Å²) in [6, 6.07) is 49.1. The summed E-state index contributed by atoms with van der Waals surface area (Å²) < 4.78 is 5.22. The first-order chi connectivity index (χ1) is 28.8. The number of para-hydroxylation sites is 2. The van der Waals surface area contributed by atoms with E-state index in [0.717, 1.165) is 11.4 Å². The van der Waals surface area contributed by atoms with Crippen LogP contribution in [0.5, 0.6) is 0 Å². The topological polar surface area (TPSA) is 12.1 Å². The molecule has 3 heteroatoms. The summed E-state index contributed by atoms with van der Waals surface area (Å²) in [6.45, 7) is 28.1. The number of rotatable bonds is 3. The third-order valence-electron chi connectivity index (χ3n) is 13.7. The molecule has 304 valence electrons. The summed E-state index contributed by atoms with van der Waals surface area (Å²) in [5, 5.41) is 10.6. The van der Waals surface area contributed by atoms with Crippen molar-refractivity contribution in [1.82, 2.24) is 8.80 Å². The van der Waals surface area contributed by atoms with Gasteiger partial charge < -0.3 is 13.7 Å². The van der Waals surface area contributed by atoms with E-state index in [9.17, 15) is 0 Å². The van der Waals surface area contributed by atoms with Crippen molar-refractivity contribution in [2.24, 2.45) is 0 Å². The maximum Gasteiger partial charge on any atom is 0.0783 e. The van der Waals surface area contributed by atoms with Crippen LogP contribution in [0.4, 0.5) is 17.1 Å². The minimum atomic E-state index is -0.0724. The molecule has 0 fully saturated rings. The molecule has 0 saturated carbocycles. The largest absolute Gasteiger partial charge is 0.308 e. The highest BCUT2D eigenvalue weighted by molar-refractivity contribution is 6.30. The second-order valence-electron chi connectivity index (χ2n) is 22.0. The normalized spacial score (nSPS) is 13.6. The van der Waals surface area contributed by atoms with Gasteiger partial charge in [0.25, 0.3) is 0 Å². The zero-order chi connectivity index (χ0) is 42.7. The average molecular weight is 796 g/mol. The Morgan fingerprint density at radius 1 is 0.311 bits per heavy atom. The zero-order valence-corrected chi connectivity index (χ0v) is 38.0. The number of fused-ring (bicyclic) bond motifs is 12. The Kier molecular flexibility index (Phi) is 7.63. The fourth-order valence-corrected chi connectivity index (χ4v) is 10.2. The van der Waals surface area contributed by atoms with Gasteiger partial charge in [-0.1, -0.05) is 126 Å². The predicted molar refractivity (Wildman–Crippen MR) is 265 cm³/mol. The summed E-state index contributed by atoms with van der Waals surface area (Å²) >= 11 is 0. The third-order valence-corrected chi connectivity index (χ3v) is 13.7. The van der Waals surface area contributed by atoms with Gasteiger partial charge in [-0.3, -0.25) is 0 Å². The predicted octanol–water partition coefficient (Wildman–Crippen LogP) is 16.6. The van der Waals surface area contributed by atoms with E-state index in [4.69, 9.17) is 0 Å². The van der Waals surface area contributed by atoms with Gasteiger partial charge in [0, 0.05) is 54.5 Å². The quantitative estimate of drug-likeness (QED) is 0.173. The van der Waals surface area contributed by atoms with E-state index in [-0.39, 0.29) is 21.7 Å². The Balaban J connectivity index is 1.37. The van der Waals surface area contributed by atoms with Crippen LogP contribution >= 0.6 is 0 Å².